The van der Waals surface area contributed by atoms with Crippen LogP contribution in [0.1, 0.15) is 27.7 Å². The van der Waals surface area contributed by atoms with Crippen LogP contribution in [-0.2, 0) is 4.74 Å². The molecule has 0 rings (SSSR count). The maximum absolute atomic E-state index is 8.97. The number of rotatable bonds is 7. The van der Waals surface area contributed by atoms with Crippen molar-refractivity contribution < 1.29 is 9.84 Å². The minimum absolute atomic E-state index is 0.0299. The highest BCUT2D eigenvalue weighted by molar-refractivity contribution is 4.69. The Morgan fingerprint density at radius 2 is 2.00 bits per heavy atom. The molecule has 3 nitrogen and oxygen atoms in total. The monoisotopic (exact) mass is 189 g/mol. The molecule has 0 amide bonds. The molecular formula is C10H23NO2. The Balaban J connectivity index is 3.26. The van der Waals surface area contributed by atoms with Crippen LogP contribution in [-0.4, -0.2) is 37.5 Å². The number of ether oxygens (including phenoxy) is 1. The summed E-state index contributed by atoms with van der Waals surface area (Å²) in [5.74, 6) is 0. The molecule has 3 heteroatoms. The highest BCUT2D eigenvalue weighted by atomic mass is 16.5. The molecule has 0 bridgehead atoms. The Labute approximate surface area is 81.5 Å². The van der Waals surface area contributed by atoms with Gasteiger partial charge in [-0.1, -0.05) is 13.8 Å². The second kappa shape index (κ2) is 6.35. The zero-order chi connectivity index (χ0) is 10.3. The van der Waals surface area contributed by atoms with Crippen LogP contribution in [0.5, 0.6) is 0 Å². The van der Waals surface area contributed by atoms with Crippen molar-refractivity contribution in [2.45, 2.75) is 33.8 Å². The van der Waals surface area contributed by atoms with Gasteiger partial charge < -0.3 is 15.2 Å². The number of hydrogen-bond donors (Lipinski definition) is 2. The molecule has 0 aromatic heterocycles. The van der Waals surface area contributed by atoms with E-state index in [-0.39, 0.29) is 12.0 Å². The topological polar surface area (TPSA) is 41.5 Å². The third-order valence-electron chi connectivity index (χ3n) is 1.76. The summed E-state index contributed by atoms with van der Waals surface area (Å²) >= 11 is 0. The minimum Gasteiger partial charge on any atom is -0.396 e. The molecule has 13 heavy (non-hydrogen) atoms. The Kier molecular flexibility index (Phi) is 6.29. The molecule has 0 heterocycles. The first-order valence-corrected chi connectivity index (χ1v) is 4.91. The lowest BCUT2D eigenvalue weighted by Gasteiger charge is -2.22. The van der Waals surface area contributed by atoms with Gasteiger partial charge in [0.05, 0.1) is 12.7 Å². The first-order valence-electron chi connectivity index (χ1n) is 4.91. The van der Waals surface area contributed by atoms with E-state index >= 15 is 0 Å². The van der Waals surface area contributed by atoms with E-state index in [0.717, 1.165) is 19.7 Å². The fraction of sp³-hybridized carbons (Fsp3) is 1.00. The normalized spacial score (nSPS) is 12.5. The largest absolute Gasteiger partial charge is 0.396 e. The highest BCUT2D eigenvalue weighted by Gasteiger charge is 2.14. The molecule has 0 aliphatic carbocycles. The number of hydrogen-bond acceptors (Lipinski definition) is 3. The van der Waals surface area contributed by atoms with Crippen molar-refractivity contribution in [2.75, 3.05) is 26.3 Å². The highest BCUT2D eigenvalue weighted by Crippen LogP contribution is 2.10. The average molecular weight is 189 g/mol. The van der Waals surface area contributed by atoms with Crippen molar-refractivity contribution >= 4 is 0 Å². The Morgan fingerprint density at radius 3 is 2.46 bits per heavy atom. The quantitative estimate of drug-likeness (QED) is 0.588. The van der Waals surface area contributed by atoms with Gasteiger partial charge >= 0.3 is 0 Å². The lowest BCUT2D eigenvalue weighted by atomic mass is 9.95. The van der Waals surface area contributed by atoms with Gasteiger partial charge in [-0.3, -0.25) is 0 Å². The van der Waals surface area contributed by atoms with Crippen LogP contribution in [0.3, 0.4) is 0 Å². The van der Waals surface area contributed by atoms with Gasteiger partial charge in [0.1, 0.15) is 0 Å². The maximum Gasteiger partial charge on any atom is 0.0594 e. The maximum atomic E-state index is 8.97. The van der Waals surface area contributed by atoms with E-state index in [1.165, 1.54) is 0 Å². The zero-order valence-electron chi connectivity index (χ0n) is 9.26. The molecule has 2 N–H and O–H groups in total. The average Bonchev–Trinajstić information content (AvgIpc) is 2.03. The van der Waals surface area contributed by atoms with Crippen LogP contribution in [0.25, 0.3) is 0 Å². The summed E-state index contributed by atoms with van der Waals surface area (Å²) in [5.41, 5.74) is -0.0299. The van der Waals surface area contributed by atoms with Gasteiger partial charge in [-0.2, -0.15) is 0 Å². The van der Waals surface area contributed by atoms with Gasteiger partial charge in [0.25, 0.3) is 0 Å². The van der Waals surface area contributed by atoms with Gasteiger partial charge in [-0.25, -0.2) is 0 Å². The van der Waals surface area contributed by atoms with Crippen LogP contribution in [0.15, 0.2) is 0 Å². The summed E-state index contributed by atoms with van der Waals surface area (Å²) in [6.45, 7) is 10.7. The van der Waals surface area contributed by atoms with Crippen LogP contribution < -0.4 is 5.32 Å². The van der Waals surface area contributed by atoms with E-state index in [1.807, 2.05) is 27.7 Å². The smallest absolute Gasteiger partial charge is 0.0594 e. The predicted molar refractivity (Wildman–Crippen MR) is 54.8 cm³/mol. The molecular weight excluding hydrogens is 166 g/mol. The molecule has 80 valence electrons. The lowest BCUT2D eigenvalue weighted by molar-refractivity contribution is 0.0775. The molecule has 0 radical (unpaired) electrons. The van der Waals surface area contributed by atoms with E-state index in [0.29, 0.717) is 6.10 Å². The van der Waals surface area contributed by atoms with Crippen molar-refractivity contribution in [3.8, 4) is 0 Å². The fourth-order valence-corrected chi connectivity index (χ4v) is 0.849. The standard InChI is InChI=1S/C10H23NO2/c1-9(2)13-6-5-11-7-10(3,4)8-12/h9,11-12H,5-8H2,1-4H3. The minimum atomic E-state index is -0.0299. The molecule has 0 aromatic carbocycles. The summed E-state index contributed by atoms with van der Waals surface area (Å²) in [6.07, 6.45) is 0.299. The number of aliphatic hydroxyl groups is 1. The lowest BCUT2D eigenvalue weighted by Crippen LogP contribution is -2.34. The molecule has 0 saturated heterocycles. The van der Waals surface area contributed by atoms with Gasteiger partial charge in [0, 0.05) is 25.1 Å². The van der Waals surface area contributed by atoms with Crippen LogP contribution >= 0.6 is 0 Å². The van der Waals surface area contributed by atoms with Crippen LogP contribution in [0, 0.1) is 5.41 Å². The second-order valence-electron chi connectivity index (χ2n) is 4.42. The van der Waals surface area contributed by atoms with Gasteiger partial charge in [0.2, 0.25) is 0 Å². The van der Waals surface area contributed by atoms with E-state index < -0.39 is 0 Å². The first kappa shape index (κ1) is 12.9. The van der Waals surface area contributed by atoms with Gasteiger partial charge in [-0.15, -0.1) is 0 Å². The third kappa shape index (κ3) is 8.22. The van der Waals surface area contributed by atoms with Crippen LogP contribution in [0.2, 0.25) is 0 Å². The SMILES string of the molecule is CC(C)OCCNCC(C)(C)CO. The van der Waals surface area contributed by atoms with Crippen molar-refractivity contribution in [2.24, 2.45) is 5.41 Å². The van der Waals surface area contributed by atoms with Crippen molar-refractivity contribution in [1.82, 2.24) is 5.32 Å². The molecule has 0 unspecified atom stereocenters. The Bertz CT molecular complexity index is 124. The fourth-order valence-electron chi connectivity index (χ4n) is 0.849. The number of aliphatic hydroxyl groups excluding tert-OH is 1. The van der Waals surface area contributed by atoms with Crippen molar-refractivity contribution in [3.05, 3.63) is 0 Å². The molecule has 0 spiro atoms. The first-order chi connectivity index (χ1) is 5.98. The van der Waals surface area contributed by atoms with E-state index in [9.17, 15) is 0 Å². The summed E-state index contributed by atoms with van der Waals surface area (Å²) in [5, 5.41) is 12.2. The van der Waals surface area contributed by atoms with E-state index in [4.69, 9.17) is 9.84 Å². The van der Waals surface area contributed by atoms with Crippen molar-refractivity contribution in [3.63, 3.8) is 0 Å². The second-order valence-corrected chi connectivity index (χ2v) is 4.42. The van der Waals surface area contributed by atoms with Gasteiger partial charge in [-0.05, 0) is 13.8 Å². The van der Waals surface area contributed by atoms with Gasteiger partial charge in [0.15, 0.2) is 0 Å². The summed E-state index contributed by atoms with van der Waals surface area (Å²) in [4.78, 5) is 0. The van der Waals surface area contributed by atoms with Crippen LogP contribution in [0.4, 0.5) is 0 Å². The zero-order valence-corrected chi connectivity index (χ0v) is 9.26. The van der Waals surface area contributed by atoms with E-state index in [1.54, 1.807) is 0 Å². The molecule has 0 aliphatic heterocycles. The summed E-state index contributed by atoms with van der Waals surface area (Å²) in [6, 6.07) is 0. The van der Waals surface area contributed by atoms with E-state index in [2.05, 4.69) is 5.32 Å². The molecule has 0 aromatic rings. The summed E-state index contributed by atoms with van der Waals surface area (Å²) in [7, 11) is 0. The Morgan fingerprint density at radius 1 is 1.38 bits per heavy atom. The molecule has 0 atom stereocenters. The Hall–Kier alpha value is -0.120. The third-order valence-corrected chi connectivity index (χ3v) is 1.76. The summed E-state index contributed by atoms with van der Waals surface area (Å²) < 4.78 is 5.37. The van der Waals surface area contributed by atoms with Crippen molar-refractivity contribution in [1.29, 1.82) is 0 Å². The molecule has 0 saturated carbocycles. The number of nitrogens with one attached hydrogen (secondary N) is 1. The molecule has 0 aliphatic rings. The molecule has 0 fully saturated rings. The predicted octanol–water partition coefficient (Wildman–Crippen LogP) is 1.02.